The molecule has 0 bridgehead atoms. The number of carbonyl (C=O) groups excluding carboxylic acids is 1. The van der Waals surface area contributed by atoms with Gasteiger partial charge in [-0.2, -0.15) is 0 Å². The number of methoxy groups -OCH3 is 3. The zero-order valence-corrected chi connectivity index (χ0v) is 11.5. The summed E-state index contributed by atoms with van der Waals surface area (Å²) in [6.07, 6.45) is -0.606. The molecule has 0 aromatic heterocycles. The third-order valence-corrected chi connectivity index (χ3v) is 2.48. The number of ether oxygens (including phenoxy) is 3. The van der Waals surface area contributed by atoms with Gasteiger partial charge in [0.25, 0.3) is 5.91 Å². The van der Waals surface area contributed by atoms with Gasteiger partial charge in [-0.3, -0.25) is 4.79 Å². The first-order valence-corrected chi connectivity index (χ1v) is 5.79. The Labute approximate surface area is 112 Å². The molecule has 1 rings (SSSR count). The highest BCUT2D eigenvalue weighted by Gasteiger charge is 2.16. The highest BCUT2D eigenvalue weighted by molar-refractivity contribution is 5.95. The average molecular weight is 269 g/mol. The van der Waals surface area contributed by atoms with Crippen molar-refractivity contribution in [3.05, 3.63) is 17.7 Å². The van der Waals surface area contributed by atoms with Crippen LogP contribution >= 0.6 is 0 Å². The van der Waals surface area contributed by atoms with E-state index in [1.54, 1.807) is 19.1 Å². The maximum Gasteiger partial charge on any atom is 0.251 e. The Morgan fingerprint density at radius 1 is 1.21 bits per heavy atom. The van der Waals surface area contributed by atoms with Crippen LogP contribution in [0.15, 0.2) is 12.1 Å². The van der Waals surface area contributed by atoms with Crippen molar-refractivity contribution in [2.24, 2.45) is 0 Å². The zero-order chi connectivity index (χ0) is 14.4. The van der Waals surface area contributed by atoms with E-state index in [2.05, 4.69) is 5.32 Å². The van der Waals surface area contributed by atoms with E-state index in [0.717, 1.165) is 0 Å². The fraction of sp³-hybridized carbons (Fsp3) is 0.462. The van der Waals surface area contributed by atoms with Crippen LogP contribution in [0.5, 0.6) is 17.2 Å². The van der Waals surface area contributed by atoms with Crippen LogP contribution in [0, 0.1) is 0 Å². The van der Waals surface area contributed by atoms with Gasteiger partial charge in [-0.05, 0) is 19.1 Å². The Kier molecular flexibility index (Phi) is 5.44. The van der Waals surface area contributed by atoms with Gasteiger partial charge in [0.05, 0.1) is 27.4 Å². The van der Waals surface area contributed by atoms with Gasteiger partial charge in [0, 0.05) is 12.1 Å². The summed E-state index contributed by atoms with van der Waals surface area (Å²) >= 11 is 0. The van der Waals surface area contributed by atoms with Crippen molar-refractivity contribution in [2.75, 3.05) is 27.9 Å². The molecule has 1 aromatic rings. The molecule has 6 heteroatoms. The topological polar surface area (TPSA) is 77.0 Å². The summed E-state index contributed by atoms with van der Waals surface area (Å²) in [5.74, 6) is 0.922. The lowest BCUT2D eigenvalue weighted by atomic mass is 10.1. The highest BCUT2D eigenvalue weighted by Crippen LogP contribution is 2.38. The molecule has 0 aliphatic rings. The molecule has 1 atom stereocenters. The van der Waals surface area contributed by atoms with Crippen LogP contribution in [-0.2, 0) is 0 Å². The molecule has 0 unspecified atom stereocenters. The van der Waals surface area contributed by atoms with E-state index >= 15 is 0 Å². The number of carbonyl (C=O) groups is 1. The molecule has 19 heavy (non-hydrogen) atoms. The number of hydrogen-bond donors (Lipinski definition) is 2. The molecule has 0 aliphatic heterocycles. The minimum atomic E-state index is -0.606. The Bertz CT molecular complexity index is 420. The predicted molar refractivity (Wildman–Crippen MR) is 70.1 cm³/mol. The molecular weight excluding hydrogens is 250 g/mol. The summed E-state index contributed by atoms with van der Waals surface area (Å²) in [5.41, 5.74) is 0.371. The average Bonchev–Trinajstić information content (AvgIpc) is 2.42. The minimum absolute atomic E-state index is 0.176. The van der Waals surface area contributed by atoms with E-state index in [1.807, 2.05) is 0 Å². The van der Waals surface area contributed by atoms with Crippen LogP contribution in [-0.4, -0.2) is 45.0 Å². The molecule has 6 nitrogen and oxygen atoms in total. The van der Waals surface area contributed by atoms with Crippen molar-refractivity contribution < 1.29 is 24.1 Å². The normalized spacial score (nSPS) is 11.6. The van der Waals surface area contributed by atoms with Gasteiger partial charge < -0.3 is 24.6 Å². The van der Waals surface area contributed by atoms with Crippen LogP contribution < -0.4 is 19.5 Å². The van der Waals surface area contributed by atoms with Gasteiger partial charge in [0.2, 0.25) is 5.75 Å². The fourth-order valence-corrected chi connectivity index (χ4v) is 1.55. The first kappa shape index (κ1) is 15.1. The van der Waals surface area contributed by atoms with Crippen molar-refractivity contribution in [1.82, 2.24) is 5.32 Å². The van der Waals surface area contributed by atoms with Crippen LogP contribution in [0.25, 0.3) is 0 Å². The second-order valence-corrected chi connectivity index (χ2v) is 3.97. The predicted octanol–water partition coefficient (Wildman–Crippen LogP) is 0.823. The molecule has 106 valence electrons. The Balaban J connectivity index is 3.05. The molecule has 0 spiro atoms. The molecule has 0 radical (unpaired) electrons. The molecule has 0 saturated carbocycles. The number of hydrogen-bond acceptors (Lipinski definition) is 5. The quantitative estimate of drug-likeness (QED) is 0.799. The van der Waals surface area contributed by atoms with Crippen molar-refractivity contribution in [2.45, 2.75) is 13.0 Å². The van der Waals surface area contributed by atoms with Gasteiger partial charge in [-0.1, -0.05) is 0 Å². The summed E-state index contributed by atoms with van der Waals surface area (Å²) in [6.45, 7) is 1.77. The zero-order valence-electron chi connectivity index (χ0n) is 11.5. The lowest BCUT2D eigenvalue weighted by Crippen LogP contribution is -2.30. The number of aliphatic hydroxyl groups excluding tert-OH is 1. The molecule has 0 saturated heterocycles. The molecule has 0 heterocycles. The Morgan fingerprint density at radius 3 is 2.11 bits per heavy atom. The van der Waals surface area contributed by atoms with Crippen molar-refractivity contribution in [3.8, 4) is 17.2 Å². The first-order valence-electron chi connectivity index (χ1n) is 5.79. The van der Waals surface area contributed by atoms with E-state index in [1.165, 1.54) is 21.3 Å². The van der Waals surface area contributed by atoms with E-state index < -0.39 is 6.10 Å². The monoisotopic (exact) mass is 269 g/mol. The van der Waals surface area contributed by atoms with Crippen LogP contribution in [0.3, 0.4) is 0 Å². The van der Waals surface area contributed by atoms with Gasteiger partial charge in [0.1, 0.15) is 0 Å². The summed E-state index contributed by atoms with van der Waals surface area (Å²) in [4.78, 5) is 11.9. The number of amides is 1. The van der Waals surface area contributed by atoms with E-state index in [9.17, 15) is 4.79 Å². The summed E-state index contributed by atoms with van der Waals surface area (Å²) in [6, 6.07) is 3.11. The number of rotatable bonds is 6. The third-order valence-electron chi connectivity index (χ3n) is 2.48. The van der Waals surface area contributed by atoms with Gasteiger partial charge >= 0.3 is 0 Å². The lowest BCUT2D eigenvalue weighted by molar-refractivity contribution is 0.0923. The number of aliphatic hydroxyl groups is 1. The van der Waals surface area contributed by atoms with Gasteiger partial charge in [-0.15, -0.1) is 0 Å². The van der Waals surface area contributed by atoms with Crippen molar-refractivity contribution in [1.29, 1.82) is 0 Å². The molecular formula is C13H19NO5. The fourth-order valence-electron chi connectivity index (χ4n) is 1.55. The summed E-state index contributed by atoms with van der Waals surface area (Å²) < 4.78 is 15.5. The standard InChI is InChI=1S/C13H19NO5/c1-8(15)7-14-13(16)9-5-10(17-2)12(19-4)11(6-9)18-3/h5-6,8,15H,7H2,1-4H3,(H,14,16)/t8-/m0/s1. The summed E-state index contributed by atoms with van der Waals surface area (Å²) in [7, 11) is 4.46. The Hall–Kier alpha value is -1.95. The van der Waals surface area contributed by atoms with Crippen molar-refractivity contribution in [3.63, 3.8) is 0 Å². The van der Waals surface area contributed by atoms with Crippen molar-refractivity contribution >= 4 is 5.91 Å². The molecule has 1 amide bonds. The lowest BCUT2D eigenvalue weighted by Gasteiger charge is -2.14. The second kappa shape index (κ2) is 6.84. The van der Waals surface area contributed by atoms with E-state index in [0.29, 0.717) is 22.8 Å². The molecule has 0 aliphatic carbocycles. The largest absolute Gasteiger partial charge is 0.493 e. The number of benzene rings is 1. The Morgan fingerprint density at radius 2 is 1.74 bits per heavy atom. The molecule has 1 aromatic carbocycles. The second-order valence-electron chi connectivity index (χ2n) is 3.97. The molecule has 0 fully saturated rings. The third kappa shape index (κ3) is 3.75. The van der Waals surface area contributed by atoms with Crippen LogP contribution in [0.2, 0.25) is 0 Å². The van der Waals surface area contributed by atoms with Gasteiger partial charge in [-0.25, -0.2) is 0 Å². The van der Waals surface area contributed by atoms with E-state index in [4.69, 9.17) is 19.3 Å². The maximum atomic E-state index is 11.9. The van der Waals surface area contributed by atoms with Gasteiger partial charge in [0.15, 0.2) is 11.5 Å². The highest BCUT2D eigenvalue weighted by atomic mass is 16.5. The van der Waals surface area contributed by atoms with Crippen LogP contribution in [0.4, 0.5) is 0 Å². The minimum Gasteiger partial charge on any atom is -0.493 e. The first-order chi connectivity index (χ1) is 9.03. The van der Waals surface area contributed by atoms with E-state index in [-0.39, 0.29) is 12.5 Å². The van der Waals surface area contributed by atoms with Crippen LogP contribution in [0.1, 0.15) is 17.3 Å². The maximum absolute atomic E-state index is 11.9. The number of nitrogens with one attached hydrogen (secondary N) is 1. The summed E-state index contributed by atoms with van der Waals surface area (Å²) in [5, 5.41) is 11.7. The smallest absolute Gasteiger partial charge is 0.251 e. The molecule has 2 N–H and O–H groups in total. The SMILES string of the molecule is COc1cc(C(=O)NC[C@H](C)O)cc(OC)c1OC.